The first kappa shape index (κ1) is 11.4. The van der Waals surface area contributed by atoms with Crippen LogP contribution in [0.25, 0.3) is 0 Å². The summed E-state index contributed by atoms with van der Waals surface area (Å²) in [5, 5.41) is 3.86. The van der Waals surface area contributed by atoms with Crippen molar-refractivity contribution in [2.45, 2.75) is 70.8 Å². The van der Waals surface area contributed by atoms with Gasteiger partial charge in [-0.05, 0) is 44.1 Å². The van der Waals surface area contributed by atoms with Crippen molar-refractivity contribution in [1.29, 1.82) is 0 Å². The molecule has 2 fully saturated rings. The van der Waals surface area contributed by atoms with Crippen molar-refractivity contribution in [3.05, 3.63) is 0 Å². The van der Waals surface area contributed by atoms with Gasteiger partial charge in [0.05, 0.1) is 0 Å². The van der Waals surface area contributed by atoms with Crippen molar-refractivity contribution < 1.29 is 0 Å². The zero-order valence-electron chi connectivity index (χ0n) is 10.5. The van der Waals surface area contributed by atoms with Crippen LogP contribution in [0.15, 0.2) is 0 Å². The second-order valence-electron chi connectivity index (χ2n) is 6.12. The molecule has 0 aromatic heterocycles. The molecule has 1 aliphatic heterocycles. The third kappa shape index (κ3) is 2.75. The molecule has 1 aliphatic carbocycles. The molecule has 0 radical (unpaired) electrons. The molecule has 1 heteroatoms. The van der Waals surface area contributed by atoms with Gasteiger partial charge in [0, 0.05) is 5.54 Å². The summed E-state index contributed by atoms with van der Waals surface area (Å²) in [7, 11) is 0. The van der Waals surface area contributed by atoms with Gasteiger partial charge in [0.1, 0.15) is 0 Å². The molecule has 15 heavy (non-hydrogen) atoms. The Morgan fingerprint density at radius 3 is 2.47 bits per heavy atom. The number of nitrogens with one attached hydrogen (secondary N) is 1. The molecule has 0 bridgehead atoms. The summed E-state index contributed by atoms with van der Waals surface area (Å²) < 4.78 is 0. The minimum Gasteiger partial charge on any atom is -0.311 e. The van der Waals surface area contributed by atoms with Crippen LogP contribution in [0.2, 0.25) is 0 Å². The van der Waals surface area contributed by atoms with Gasteiger partial charge < -0.3 is 5.32 Å². The van der Waals surface area contributed by atoms with Gasteiger partial charge in [-0.1, -0.05) is 39.5 Å². The molecule has 88 valence electrons. The number of hydrogen-bond donors (Lipinski definition) is 1. The van der Waals surface area contributed by atoms with Gasteiger partial charge in [-0.25, -0.2) is 0 Å². The van der Waals surface area contributed by atoms with Crippen molar-refractivity contribution in [2.24, 2.45) is 11.8 Å². The molecule has 0 amide bonds. The zero-order chi connectivity index (χ0) is 10.7. The summed E-state index contributed by atoms with van der Waals surface area (Å²) in [5.74, 6) is 1.85. The van der Waals surface area contributed by atoms with Gasteiger partial charge >= 0.3 is 0 Å². The van der Waals surface area contributed by atoms with Gasteiger partial charge in [0.25, 0.3) is 0 Å². The zero-order valence-corrected chi connectivity index (χ0v) is 10.5. The minimum absolute atomic E-state index is 0.545. The van der Waals surface area contributed by atoms with Gasteiger partial charge in [-0.2, -0.15) is 0 Å². The fourth-order valence-electron chi connectivity index (χ4n) is 3.56. The third-order valence-electron chi connectivity index (χ3n) is 4.66. The Kier molecular flexibility index (Phi) is 3.71. The highest BCUT2D eigenvalue weighted by molar-refractivity contribution is 4.94. The van der Waals surface area contributed by atoms with E-state index in [4.69, 9.17) is 0 Å². The van der Waals surface area contributed by atoms with E-state index in [-0.39, 0.29) is 0 Å². The Balaban J connectivity index is 2.02. The maximum atomic E-state index is 3.86. The number of piperidine rings is 1. The Morgan fingerprint density at radius 1 is 1.07 bits per heavy atom. The first-order valence-corrected chi connectivity index (χ1v) is 6.97. The van der Waals surface area contributed by atoms with Crippen LogP contribution >= 0.6 is 0 Å². The van der Waals surface area contributed by atoms with Crippen molar-refractivity contribution >= 4 is 0 Å². The van der Waals surface area contributed by atoms with Crippen LogP contribution in [0.1, 0.15) is 65.2 Å². The second-order valence-corrected chi connectivity index (χ2v) is 6.12. The molecule has 1 saturated carbocycles. The molecule has 0 aromatic rings. The quantitative estimate of drug-likeness (QED) is 0.694. The van der Waals surface area contributed by atoms with Crippen LogP contribution in [0, 0.1) is 11.8 Å². The monoisotopic (exact) mass is 209 g/mol. The molecule has 2 aliphatic rings. The predicted molar refractivity (Wildman–Crippen MR) is 66.0 cm³/mol. The van der Waals surface area contributed by atoms with Gasteiger partial charge in [0.15, 0.2) is 0 Å². The van der Waals surface area contributed by atoms with Crippen LogP contribution in [-0.2, 0) is 0 Å². The Labute approximate surface area is 95.0 Å². The lowest BCUT2D eigenvalue weighted by Gasteiger charge is -2.40. The first-order valence-electron chi connectivity index (χ1n) is 6.97. The fraction of sp³-hybridized carbons (Fsp3) is 1.00. The molecule has 1 heterocycles. The van der Waals surface area contributed by atoms with Gasteiger partial charge in [-0.3, -0.25) is 0 Å². The third-order valence-corrected chi connectivity index (χ3v) is 4.66. The second kappa shape index (κ2) is 4.86. The Morgan fingerprint density at radius 2 is 1.80 bits per heavy atom. The summed E-state index contributed by atoms with van der Waals surface area (Å²) in [4.78, 5) is 0. The smallest absolute Gasteiger partial charge is 0.0184 e. The molecule has 1 nitrogen and oxygen atoms in total. The summed E-state index contributed by atoms with van der Waals surface area (Å²) >= 11 is 0. The Hall–Kier alpha value is -0.0400. The van der Waals surface area contributed by atoms with E-state index < -0.39 is 0 Å². The topological polar surface area (TPSA) is 12.0 Å². The highest BCUT2D eigenvalue weighted by atomic mass is 15.0. The molecular formula is C14H27N. The van der Waals surface area contributed by atoms with E-state index >= 15 is 0 Å². The van der Waals surface area contributed by atoms with Crippen LogP contribution in [-0.4, -0.2) is 12.1 Å². The normalized spacial score (nSPS) is 38.2. The molecule has 1 saturated heterocycles. The van der Waals surface area contributed by atoms with E-state index in [1.807, 2.05) is 0 Å². The van der Waals surface area contributed by atoms with E-state index in [2.05, 4.69) is 19.2 Å². The molecule has 1 spiro atoms. The van der Waals surface area contributed by atoms with E-state index in [9.17, 15) is 0 Å². The molecule has 1 N–H and O–H groups in total. The molecular weight excluding hydrogens is 182 g/mol. The predicted octanol–water partition coefficient (Wildman–Crippen LogP) is 3.74. The maximum Gasteiger partial charge on any atom is 0.0184 e. The van der Waals surface area contributed by atoms with E-state index in [0.717, 1.165) is 11.8 Å². The van der Waals surface area contributed by atoms with Crippen LogP contribution in [0.3, 0.4) is 0 Å². The minimum atomic E-state index is 0.545. The van der Waals surface area contributed by atoms with Crippen molar-refractivity contribution in [1.82, 2.24) is 5.32 Å². The van der Waals surface area contributed by atoms with Crippen molar-refractivity contribution in [3.63, 3.8) is 0 Å². The van der Waals surface area contributed by atoms with Gasteiger partial charge in [0.2, 0.25) is 0 Å². The van der Waals surface area contributed by atoms with E-state index in [1.165, 1.54) is 57.9 Å². The lowest BCUT2D eigenvalue weighted by Crippen LogP contribution is -2.49. The van der Waals surface area contributed by atoms with Gasteiger partial charge in [-0.15, -0.1) is 0 Å². The maximum absolute atomic E-state index is 3.86. The molecule has 2 atom stereocenters. The number of hydrogen-bond acceptors (Lipinski definition) is 1. The van der Waals surface area contributed by atoms with E-state index in [1.54, 1.807) is 0 Å². The molecule has 2 rings (SSSR count). The average Bonchev–Trinajstić information content (AvgIpc) is 2.43. The molecule has 2 unspecified atom stereocenters. The average molecular weight is 209 g/mol. The highest BCUT2D eigenvalue weighted by Crippen LogP contribution is 2.38. The summed E-state index contributed by atoms with van der Waals surface area (Å²) in [6.45, 7) is 6.09. The van der Waals surface area contributed by atoms with Crippen molar-refractivity contribution in [2.75, 3.05) is 6.54 Å². The van der Waals surface area contributed by atoms with Crippen molar-refractivity contribution in [3.8, 4) is 0 Å². The first-order chi connectivity index (χ1) is 7.22. The Bertz CT molecular complexity index is 192. The highest BCUT2D eigenvalue weighted by Gasteiger charge is 2.36. The lowest BCUT2D eigenvalue weighted by atomic mass is 9.76. The largest absolute Gasteiger partial charge is 0.311 e. The van der Waals surface area contributed by atoms with Crippen LogP contribution in [0.5, 0.6) is 0 Å². The van der Waals surface area contributed by atoms with Crippen LogP contribution in [0.4, 0.5) is 0 Å². The standard InChI is InChI=1S/C14H27N/c1-12(2)13-7-3-4-8-14(11-13)9-5-6-10-15-14/h12-13,15H,3-11H2,1-2H3. The SMILES string of the molecule is CC(C)C1CCCCC2(CCCCN2)C1. The number of rotatable bonds is 1. The fourth-order valence-corrected chi connectivity index (χ4v) is 3.56. The van der Waals surface area contributed by atoms with E-state index in [0.29, 0.717) is 5.54 Å². The summed E-state index contributed by atoms with van der Waals surface area (Å²) in [6, 6.07) is 0. The molecule has 0 aromatic carbocycles. The summed E-state index contributed by atoms with van der Waals surface area (Å²) in [6.07, 6.45) is 11.6. The summed E-state index contributed by atoms with van der Waals surface area (Å²) in [5.41, 5.74) is 0.545. The lowest BCUT2D eigenvalue weighted by molar-refractivity contribution is 0.180. The van der Waals surface area contributed by atoms with Crippen LogP contribution < -0.4 is 5.32 Å².